The van der Waals surface area contributed by atoms with Gasteiger partial charge in [-0.05, 0) is 54.3 Å². The van der Waals surface area contributed by atoms with Gasteiger partial charge in [0.2, 0.25) is 12.7 Å². The van der Waals surface area contributed by atoms with Crippen LogP contribution in [0.2, 0.25) is 5.02 Å². The molecule has 2 amide bonds. The molecule has 5 rings (SSSR count). The number of piperazine rings is 1. The lowest BCUT2D eigenvalue weighted by molar-refractivity contribution is -0.141. The number of ether oxygens (including phenoxy) is 3. The summed E-state index contributed by atoms with van der Waals surface area (Å²) in [5.41, 5.74) is 1.12. The number of carbonyl (C=O) groups is 2. The summed E-state index contributed by atoms with van der Waals surface area (Å²) in [5, 5.41) is 0.621. The summed E-state index contributed by atoms with van der Waals surface area (Å²) in [6.07, 6.45) is 0.854. The van der Waals surface area contributed by atoms with Crippen LogP contribution < -0.4 is 14.2 Å². The Morgan fingerprint density at radius 2 is 1.68 bits per heavy atom. The van der Waals surface area contributed by atoms with Crippen molar-refractivity contribution in [2.45, 2.75) is 12.3 Å². The number of amides is 2. The van der Waals surface area contributed by atoms with Crippen molar-refractivity contribution in [3.8, 4) is 17.2 Å². The van der Waals surface area contributed by atoms with E-state index in [0.717, 1.165) is 23.5 Å². The van der Waals surface area contributed by atoms with Crippen LogP contribution in [-0.4, -0.2) is 61.2 Å². The highest BCUT2D eigenvalue weighted by atomic mass is 35.5. The van der Waals surface area contributed by atoms with Crippen LogP contribution in [0.1, 0.15) is 17.9 Å². The number of halogens is 1. The Morgan fingerprint density at radius 3 is 2.45 bits per heavy atom. The van der Waals surface area contributed by atoms with Crippen molar-refractivity contribution in [2.75, 3.05) is 39.6 Å². The van der Waals surface area contributed by atoms with E-state index in [0.29, 0.717) is 37.0 Å². The minimum atomic E-state index is -0.0771. The third kappa shape index (κ3) is 4.28. The Labute approximate surface area is 185 Å². The summed E-state index contributed by atoms with van der Waals surface area (Å²) < 4.78 is 16.3. The normalized spacial score (nSPS) is 21.7. The summed E-state index contributed by atoms with van der Waals surface area (Å²) >= 11 is 5.85. The first-order chi connectivity index (χ1) is 15.1. The molecule has 7 nitrogen and oxygen atoms in total. The molecular weight excluding hydrogens is 420 g/mol. The molecule has 0 aromatic heterocycles. The molecule has 2 aromatic rings. The minimum Gasteiger partial charge on any atom is -0.484 e. The molecule has 2 heterocycles. The van der Waals surface area contributed by atoms with Crippen molar-refractivity contribution >= 4 is 23.4 Å². The highest BCUT2D eigenvalue weighted by Crippen LogP contribution is 2.50. The first-order valence-electron chi connectivity index (χ1n) is 10.4. The van der Waals surface area contributed by atoms with Crippen LogP contribution in [0.25, 0.3) is 0 Å². The number of nitrogens with zero attached hydrogens (tertiary/aromatic N) is 2. The third-order valence-electron chi connectivity index (χ3n) is 6.05. The van der Waals surface area contributed by atoms with E-state index in [1.165, 1.54) is 0 Å². The maximum absolute atomic E-state index is 12.9. The molecule has 8 heteroatoms. The molecule has 0 spiro atoms. The average Bonchev–Trinajstić information content (AvgIpc) is 3.47. The van der Waals surface area contributed by atoms with Gasteiger partial charge in [0.15, 0.2) is 18.1 Å². The summed E-state index contributed by atoms with van der Waals surface area (Å²) in [7, 11) is 0. The Morgan fingerprint density at radius 1 is 0.968 bits per heavy atom. The van der Waals surface area contributed by atoms with Crippen LogP contribution in [0.4, 0.5) is 0 Å². The van der Waals surface area contributed by atoms with Gasteiger partial charge in [-0.15, -0.1) is 0 Å². The molecule has 2 unspecified atom stereocenters. The topological polar surface area (TPSA) is 68.3 Å². The predicted molar refractivity (Wildman–Crippen MR) is 114 cm³/mol. The van der Waals surface area contributed by atoms with Crippen LogP contribution >= 0.6 is 11.6 Å². The lowest BCUT2D eigenvalue weighted by atomic mass is 10.1. The number of benzene rings is 2. The second kappa shape index (κ2) is 8.30. The van der Waals surface area contributed by atoms with Gasteiger partial charge in [0, 0.05) is 37.1 Å². The van der Waals surface area contributed by atoms with E-state index in [9.17, 15) is 9.59 Å². The Hall–Kier alpha value is -2.93. The lowest BCUT2D eigenvalue weighted by Gasteiger charge is -2.35. The summed E-state index contributed by atoms with van der Waals surface area (Å²) in [6, 6.07) is 12.8. The van der Waals surface area contributed by atoms with Crippen molar-refractivity contribution in [2.24, 2.45) is 5.92 Å². The first-order valence-corrected chi connectivity index (χ1v) is 10.8. The maximum atomic E-state index is 12.9. The Balaban J connectivity index is 1.09. The van der Waals surface area contributed by atoms with Gasteiger partial charge in [0.1, 0.15) is 5.75 Å². The Bertz CT molecular complexity index is 988. The van der Waals surface area contributed by atoms with E-state index in [2.05, 4.69) is 0 Å². The molecule has 31 heavy (non-hydrogen) atoms. The van der Waals surface area contributed by atoms with Crippen molar-refractivity contribution in [3.63, 3.8) is 0 Å². The van der Waals surface area contributed by atoms with Gasteiger partial charge in [-0.3, -0.25) is 9.59 Å². The molecule has 2 fully saturated rings. The second-order valence-corrected chi connectivity index (χ2v) is 8.45. The largest absolute Gasteiger partial charge is 0.484 e. The first kappa shape index (κ1) is 20.0. The zero-order valence-corrected chi connectivity index (χ0v) is 17.7. The average molecular weight is 443 g/mol. The Kier molecular flexibility index (Phi) is 5.36. The van der Waals surface area contributed by atoms with Crippen LogP contribution in [-0.2, 0) is 9.59 Å². The molecule has 1 saturated carbocycles. The SMILES string of the molecule is O=C(COc1ccc(Cl)cc1)N1CCN(C(=O)C2CC2c2ccc3c(c2)OCO3)CC1. The second-order valence-electron chi connectivity index (χ2n) is 8.01. The standard InChI is InChI=1S/C23H23ClN2O5/c24-16-2-4-17(5-3-16)29-13-22(27)25-7-9-26(10-8-25)23(28)19-12-18(19)15-1-6-20-21(11-15)31-14-30-20/h1-6,11,18-19H,7-10,12-14H2. The summed E-state index contributed by atoms with van der Waals surface area (Å²) in [4.78, 5) is 29.0. The number of hydrogen-bond acceptors (Lipinski definition) is 5. The molecule has 0 bridgehead atoms. The van der Waals surface area contributed by atoms with E-state index < -0.39 is 0 Å². The molecule has 0 N–H and O–H groups in total. The summed E-state index contributed by atoms with van der Waals surface area (Å²) in [6.45, 7) is 2.38. The van der Waals surface area contributed by atoms with E-state index in [-0.39, 0.29) is 37.0 Å². The van der Waals surface area contributed by atoms with Crippen molar-refractivity contribution < 1.29 is 23.8 Å². The van der Waals surface area contributed by atoms with Crippen LogP contribution in [0.15, 0.2) is 42.5 Å². The van der Waals surface area contributed by atoms with Crippen molar-refractivity contribution in [1.82, 2.24) is 9.80 Å². The molecule has 1 saturated heterocycles. The zero-order chi connectivity index (χ0) is 21.4. The smallest absolute Gasteiger partial charge is 0.260 e. The van der Waals surface area contributed by atoms with Gasteiger partial charge in [0.05, 0.1) is 0 Å². The van der Waals surface area contributed by atoms with Gasteiger partial charge >= 0.3 is 0 Å². The highest BCUT2D eigenvalue weighted by molar-refractivity contribution is 6.30. The fourth-order valence-corrected chi connectivity index (χ4v) is 4.28. The van der Waals surface area contributed by atoms with Gasteiger partial charge in [-0.25, -0.2) is 0 Å². The number of rotatable bonds is 5. The zero-order valence-electron chi connectivity index (χ0n) is 17.0. The van der Waals surface area contributed by atoms with Gasteiger partial charge in [0.25, 0.3) is 5.91 Å². The van der Waals surface area contributed by atoms with Gasteiger partial charge in [-0.2, -0.15) is 0 Å². The van der Waals surface area contributed by atoms with Crippen LogP contribution in [0, 0.1) is 5.92 Å². The molecule has 2 aromatic carbocycles. The van der Waals surface area contributed by atoms with Crippen molar-refractivity contribution in [1.29, 1.82) is 0 Å². The number of carbonyl (C=O) groups excluding carboxylic acids is 2. The van der Waals surface area contributed by atoms with Crippen LogP contribution in [0.3, 0.4) is 0 Å². The fraction of sp³-hybridized carbons (Fsp3) is 0.391. The third-order valence-corrected chi connectivity index (χ3v) is 6.30. The molecule has 2 atom stereocenters. The van der Waals surface area contributed by atoms with E-state index in [4.69, 9.17) is 25.8 Å². The molecule has 162 valence electrons. The minimum absolute atomic E-state index is 0.0101. The molecule has 3 aliphatic rings. The number of hydrogen-bond donors (Lipinski definition) is 0. The fourth-order valence-electron chi connectivity index (χ4n) is 4.16. The van der Waals surface area contributed by atoms with Gasteiger partial charge in [-0.1, -0.05) is 17.7 Å². The molecule has 0 radical (unpaired) electrons. The molecule has 1 aliphatic carbocycles. The van der Waals surface area contributed by atoms with E-state index >= 15 is 0 Å². The maximum Gasteiger partial charge on any atom is 0.260 e. The lowest BCUT2D eigenvalue weighted by Crippen LogP contribution is -2.52. The summed E-state index contributed by atoms with van der Waals surface area (Å²) in [5.74, 6) is 2.45. The molecule has 2 aliphatic heterocycles. The van der Waals surface area contributed by atoms with Crippen LogP contribution in [0.5, 0.6) is 17.2 Å². The molecular formula is C23H23ClN2O5. The number of fused-ring (bicyclic) bond motifs is 1. The van der Waals surface area contributed by atoms with Crippen molar-refractivity contribution in [3.05, 3.63) is 53.1 Å². The monoisotopic (exact) mass is 442 g/mol. The van der Waals surface area contributed by atoms with E-state index in [1.807, 2.05) is 23.1 Å². The quantitative estimate of drug-likeness (QED) is 0.712. The van der Waals surface area contributed by atoms with Gasteiger partial charge < -0.3 is 24.0 Å². The van der Waals surface area contributed by atoms with E-state index in [1.54, 1.807) is 29.2 Å². The highest BCUT2D eigenvalue weighted by Gasteiger charge is 2.46. The predicted octanol–water partition coefficient (Wildman–Crippen LogP) is 2.92.